The lowest BCUT2D eigenvalue weighted by atomic mass is 9.81. The van der Waals surface area contributed by atoms with Gasteiger partial charge in [0.2, 0.25) is 10.0 Å². The number of sulfonamides is 1. The van der Waals surface area contributed by atoms with Gasteiger partial charge in [-0.1, -0.05) is 39.3 Å². The van der Waals surface area contributed by atoms with Gasteiger partial charge in [-0.25, -0.2) is 8.42 Å². The van der Waals surface area contributed by atoms with Crippen molar-refractivity contribution in [2.45, 2.75) is 51.0 Å². The highest BCUT2D eigenvalue weighted by Gasteiger charge is 2.40. The van der Waals surface area contributed by atoms with E-state index in [-0.39, 0.29) is 27.8 Å². The van der Waals surface area contributed by atoms with E-state index in [9.17, 15) is 13.2 Å². The topological polar surface area (TPSA) is 83.7 Å². The third-order valence-corrected chi connectivity index (χ3v) is 7.11. The Morgan fingerprint density at radius 3 is 2.62 bits per heavy atom. The van der Waals surface area contributed by atoms with Crippen LogP contribution in [0.1, 0.15) is 50.4 Å². The first-order valence-corrected chi connectivity index (χ1v) is 10.7. The van der Waals surface area contributed by atoms with Crippen molar-refractivity contribution in [2.75, 3.05) is 26.7 Å². The molecule has 1 fully saturated rings. The maximum atomic E-state index is 13.3. The minimum Gasteiger partial charge on any atom is -0.342 e. The monoisotopic (exact) mass is 381 g/mol. The van der Waals surface area contributed by atoms with Gasteiger partial charge in [0.15, 0.2) is 0 Å². The molecule has 26 heavy (non-hydrogen) atoms. The first-order valence-electron chi connectivity index (χ1n) is 9.21. The lowest BCUT2D eigenvalue weighted by Gasteiger charge is -2.41. The zero-order valence-corrected chi connectivity index (χ0v) is 17.1. The fraction of sp³-hybridized carbons (Fsp3) is 0.632. The van der Waals surface area contributed by atoms with Gasteiger partial charge in [-0.2, -0.15) is 4.31 Å². The number of amides is 1. The molecular formula is C19H31N3O3S. The van der Waals surface area contributed by atoms with E-state index in [1.165, 1.54) is 10.4 Å². The van der Waals surface area contributed by atoms with Crippen LogP contribution in [-0.4, -0.2) is 56.3 Å². The van der Waals surface area contributed by atoms with Gasteiger partial charge in [0.25, 0.3) is 5.91 Å². The number of nitrogens with two attached hydrogens (primary N) is 1. The van der Waals surface area contributed by atoms with Crippen molar-refractivity contribution in [3.63, 3.8) is 0 Å². The summed E-state index contributed by atoms with van der Waals surface area (Å²) < 4.78 is 28.0. The van der Waals surface area contributed by atoms with Crippen LogP contribution >= 0.6 is 0 Å². The third kappa shape index (κ3) is 4.27. The smallest absolute Gasteiger partial charge is 0.254 e. The molecule has 0 radical (unpaired) electrons. The second kappa shape index (κ2) is 8.06. The van der Waals surface area contributed by atoms with Crippen LogP contribution in [0.5, 0.6) is 0 Å². The van der Waals surface area contributed by atoms with Crippen molar-refractivity contribution in [3.8, 4) is 0 Å². The van der Waals surface area contributed by atoms with Gasteiger partial charge in [-0.05, 0) is 30.4 Å². The first-order chi connectivity index (χ1) is 12.1. The molecule has 1 unspecified atom stereocenters. The summed E-state index contributed by atoms with van der Waals surface area (Å²) in [5, 5.41) is 0. The highest BCUT2D eigenvalue weighted by molar-refractivity contribution is 7.89. The first kappa shape index (κ1) is 20.9. The Balaban J connectivity index is 2.35. The average molecular weight is 382 g/mol. The molecule has 7 heteroatoms. The van der Waals surface area contributed by atoms with E-state index in [2.05, 4.69) is 6.92 Å². The number of hydrogen-bond acceptors (Lipinski definition) is 4. The number of carbonyl (C=O) groups excluding carboxylic acids is 1. The molecule has 1 atom stereocenters. The molecule has 0 saturated carbocycles. The predicted molar refractivity (Wildman–Crippen MR) is 103 cm³/mol. The maximum Gasteiger partial charge on any atom is 0.254 e. The van der Waals surface area contributed by atoms with Crippen molar-refractivity contribution < 1.29 is 13.2 Å². The number of benzene rings is 1. The zero-order chi connectivity index (χ0) is 19.5. The molecule has 6 nitrogen and oxygen atoms in total. The summed E-state index contributed by atoms with van der Waals surface area (Å²) in [6.07, 6.45) is 2.47. The van der Waals surface area contributed by atoms with Crippen molar-refractivity contribution in [2.24, 2.45) is 11.1 Å². The van der Waals surface area contributed by atoms with Gasteiger partial charge < -0.3 is 10.6 Å². The quantitative estimate of drug-likeness (QED) is 0.819. The Morgan fingerprint density at radius 1 is 1.35 bits per heavy atom. The van der Waals surface area contributed by atoms with E-state index in [1.54, 1.807) is 30.1 Å². The van der Waals surface area contributed by atoms with Gasteiger partial charge in [0.05, 0.1) is 10.5 Å². The molecule has 0 bridgehead atoms. The van der Waals surface area contributed by atoms with Crippen molar-refractivity contribution in [1.29, 1.82) is 0 Å². The maximum absolute atomic E-state index is 13.3. The van der Waals surface area contributed by atoms with E-state index in [4.69, 9.17) is 5.73 Å². The molecule has 1 amide bonds. The number of rotatable bonds is 6. The summed E-state index contributed by atoms with van der Waals surface area (Å²) in [6, 6.07) is 6.45. The third-order valence-electron chi connectivity index (χ3n) is 5.21. The van der Waals surface area contributed by atoms with Gasteiger partial charge in [0.1, 0.15) is 0 Å². The van der Waals surface area contributed by atoms with Crippen LogP contribution in [0.2, 0.25) is 0 Å². The molecule has 1 heterocycles. The number of hydrogen-bond donors (Lipinski definition) is 1. The molecular weight excluding hydrogens is 350 g/mol. The predicted octanol–water partition coefficient (Wildman–Crippen LogP) is 2.31. The Bertz CT molecular complexity index is 746. The lowest BCUT2D eigenvalue weighted by Crippen LogP contribution is -2.54. The van der Waals surface area contributed by atoms with Crippen LogP contribution in [0.25, 0.3) is 0 Å². The summed E-state index contributed by atoms with van der Waals surface area (Å²) >= 11 is 0. The SMILES string of the molecule is CCCCN(C)C(=O)c1ccccc1S(=O)(=O)N1CCC(N)C(C)(C)C1. The second-order valence-corrected chi connectivity index (χ2v) is 9.71. The van der Waals surface area contributed by atoms with Gasteiger partial charge in [-0.3, -0.25) is 4.79 Å². The molecule has 1 aliphatic rings. The van der Waals surface area contributed by atoms with Gasteiger partial charge >= 0.3 is 0 Å². The average Bonchev–Trinajstić information content (AvgIpc) is 2.61. The molecule has 2 N–H and O–H groups in total. The van der Waals surface area contributed by atoms with E-state index in [0.717, 1.165) is 12.8 Å². The zero-order valence-electron chi connectivity index (χ0n) is 16.2. The van der Waals surface area contributed by atoms with E-state index in [1.807, 2.05) is 13.8 Å². The van der Waals surface area contributed by atoms with Crippen LogP contribution in [0.4, 0.5) is 0 Å². The van der Waals surface area contributed by atoms with E-state index in [0.29, 0.717) is 26.1 Å². The molecule has 2 rings (SSSR count). The number of unbranched alkanes of at least 4 members (excludes halogenated alkanes) is 1. The Morgan fingerprint density at radius 2 is 2.00 bits per heavy atom. The minimum atomic E-state index is -3.76. The van der Waals surface area contributed by atoms with Crippen molar-refractivity contribution >= 4 is 15.9 Å². The van der Waals surface area contributed by atoms with Crippen LogP contribution < -0.4 is 5.73 Å². The summed E-state index contributed by atoms with van der Waals surface area (Å²) in [5.74, 6) is -0.259. The second-order valence-electron chi connectivity index (χ2n) is 7.80. The van der Waals surface area contributed by atoms with Crippen LogP contribution in [0.3, 0.4) is 0 Å². The van der Waals surface area contributed by atoms with Gasteiger partial charge in [0, 0.05) is 32.7 Å². The molecule has 146 valence electrons. The normalized spacial score (nSPS) is 20.7. The van der Waals surface area contributed by atoms with Crippen LogP contribution in [0, 0.1) is 5.41 Å². The van der Waals surface area contributed by atoms with E-state index >= 15 is 0 Å². The molecule has 1 aromatic rings. The number of nitrogens with zero attached hydrogens (tertiary/aromatic N) is 2. The summed E-state index contributed by atoms with van der Waals surface area (Å²) in [5.41, 5.74) is 6.07. The summed E-state index contributed by atoms with van der Waals surface area (Å²) in [7, 11) is -2.04. The Kier molecular flexibility index (Phi) is 6.47. The standard InChI is InChI=1S/C19H31N3O3S/c1-5-6-12-21(4)18(23)15-9-7-8-10-16(15)26(24,25)22-13-11-17(20)19(2,3)14-22/h7-10,17H,5-6,11-14,20H2,1-4H3. The summed E-state index contributed by atoms with van der Waals surface area (Å²) in [4.78, 5) is 14.5. The minimum absolute atomic E-state index is 0.0361. The Labute approximate surface area is 157 Å². The molecule has 0 spiro atoms. The molecule has 1 aliphatic heterocycles. The number of carbonyl (C=O) groups is 1. The molecule has 0 aromatic heterocycles. The number of piperidine rings is 1. The molecule has 1 saturated heterocycles. The van der Waals surface area contributed by atoms with E-state index < -0.39 is 10.0 Å². The van der Waals surface area contributed by atoms with Crippen molar-refractivity contribution in [3.05, 3.63) is 29.8 Å². The lowest BCUT2D eigenvalue weighted by molar-refractivity contribution is 0.0789. The summed E-state index contributed by atoms with van der Waals surface area (Å²) in [6.45, 7) is 7.35. The molecule has 1 aromatic carbocycles. The largest absolute Gasteiger partial charge is 0.342 e. The fourth-order valence-electron chi connectivity index (χ4n) is 3.24. The fourth-order valence-corrected chi connectivity index (χ4v) is 5.05. The van der Waals surface area contributed by atoms with Gasteiger partial charge in [-0.15, -0.1) is 0 Å². The molecule has 0 aliphatic carbocycles. The highest BCUT2D eigenvalue weighted by Crippen LogP contribution is 2.32. The Hall–Kier alpha value is -1.44. The highest BCUT2D eigenvalue weighted by atomic mass is 32.2. The van der Waals surface area contributed by atoms with Crippen molar-refractivity contribution in [1.82, 2.24) is 9.21 Å². The van der Waals surface area contributed by atoms with Crippen LogP contribution in [0.15, 0.2) is 29.2 Å². The van der Waals surface area contributed by atoms with Crippen LogP contribution in [-0.2, 0) is 10.0 Å².